The Hall–Kier alpha value is -2.69. The van der Waals surface area contributed by atoms with Gasteiger partial charge in [-0.1, -0.05) is 43.7 Å². The summed E-state index contributed by atoms with van der Waals surface area (Å²) >= 11 is 0. The van der Waals surface area contributed by atoms with Gasteiger partial charge in [0, 0.05) is 0 Å². The molecule has 0 bridgehead atoms. The van der Waals surface area contributed by atoms with Crippen molar-refractivity contribution in [2.24, 2.45) is 0 Å². The van der Waals surface area contributed by atoms with E-state index in [0.717, 1.165) is 12.0 Å². The molecule has 0 spiro atoms. The maximum Gasteiger partial charge on any atom is 0.336 e. The molecule has 2 rings (SSSR count). The molecule has 7 heteroatoms. The van der Waals surface area contributed by atoms with E-state index >= 15 is 0 Å². The SMILES string of the molecule is CCCCOC(=O)[C@@H](CCCc1ccccc1)OS(=O)(=O)c1ccc(C#N)cc1. The molecule has 0 fully saturated rings. The van der Waals surface area contributed by atoms with Crippen LogP contribution in [0.2, 0.25) is 0 Å². The number of unbranched alkanes of at least 4 members (excludes halogenated alkanes) is 1. The number of hydrogen-bond acceptors (Lipinski definition) is 6. The van der Waals surface area contributed by atoms with Crippen LogP contribution in [-0.4, -0.2) is 27.1 Å². The first kappa shape index (κ1) is 22.6. The molecule has 0 saturated carbocycles. The van der Waals surface area contributed by atoms with E-state index in [1.807, 2.05) is 43.3 Å². The van der Waals surface area contributed by atoms with Crippen molar-refractivity contribution in [1.82, 2.24) is 0 Å². The molecule has 0 aliphatic heterocycles. The van der Waals surface area contributed by atoms with E-state index in [0.29, 0.717) is 24.8 Å². The second-order valence-corrected chi connectivity index (χ2v) is 8.15. The van der Waals surface area contributed by atoms with Crippen molar-refractivity contribution in [3.05, 3.63) is 65.7 Å². The topological polar surface area (TPSA) is 93.5 Å². The molecule has 1 atom stereocenters. The summed E-state index contributed by atoms with van der Waals surface area (Å²) in [5.41, 5.74) is 1.43. The Balaban J connectivity index is 2.07. The quantitative estimate of drug-likeness (QED) is 0.313. The summed E-state index contributed by atoms with van der Waals surface area (Å²) < 4.78 is 35.6. The molecule has 0 aromatic heterocycles. The first-order chi connectivity index (χ1) is 14.0. The van der Waals surface area contributed by atoms with Crippen LogP contribution in [0.5, 0.6) is 0 Å². The number of carbonyl (C=O) groups is 1. The fourth-order valence-corrected chi connectivity index (χ4v) is 3.72. The Bertz CT molecular complexity index is 918. The van der Waals surface area contributed by atoms with Gasteiger partial charge in [-0.2, -0.15) is 13.7 Å². The molecule has 0 N–H and O–H groups in total. The molecule has 0 radical (unpaired) electrons. The number of rotatable bonds is 11. The number of carbonyl (C=O) groups excluding carboxylic acids is 1. The first-order valence-corrected chi connectivity index (χ1v) is 11.0. The minimum atomic E-state index is -4.17. The smallest absolute Gasteiger partial charge is 0.336 e. The monoisotopic (exact) mass is 415 g/mol. The van der Waals surface area contributed by atoms with E-state index in [-0.39, 0.29) is 17.9 Å². The van der Waals surface area contributed by atoms with Crippen LogP contribution < -0.4 is 0 Å². The van der Waals surface area contributed by atoms with Crippen LogP contribution in [0.15, 0.2) is 59.5 Å². The zero-order valence-corrected chi connectivity index (χ0v) is 17.2. The first-order valence-electron chi connectivity index (χ1n) is 9.60. The molecular formula is C22H25NO5S. The molecule has 2 aromatic carbocycles. The molecular weight excluding hydrogens is 390 g/mol. The molecule has 0 unspecified atom stereocenters. The Morgan fingerprint density at radius 2 is 1.76 bits per heavy atom. The lowest BCUT2D eigenvalue weighted by Crippen LogP contribution is -2.30. The van der Waals surface area contributed by atoms with Gasteiger partial charge >= 0.3 is 5.97 Å². The lowest BCUT2D eigenvalue weighted by atomic mass is 10.1. The van der Waals surface area contributed by atoms with Crippen LogP contribution in [0.25, 0.3) is 0 Å². The highest BCUT2D eigenvalue weighted by atomic mass is 32.2. The van der Waals surface area contributed by atoms with Crippen LogP contribution in [-0.2, 0) is 30.3 Å². The van der Waals surface area contributed by atoms with Gasteiger partial charge in [-0.25, -0.2) is 4.79 Å². The Kier molecular flexibility index (Phi) is 8.84. The third-order valence-electron chi connectivity index (χ3n) is 4.29. The second-order valence-electron chi connectivity index (χ2n) is 6.57. The number of hydrogen-bond donors (Lipinski definition) is 0. The van der Waals surface area contributed by atoms with Gasteiger partial charge in [0.2, 0.25) is 0 Å². The van der Waals surface area contributed by atoms with Crippen molar-refractivity contribution < 1.29 is 22.1 Å². The number of nitrogens with zero attached hydrogens (tertiary/aromatic N) is 1. The summed E-state index contributed by atoms with van der Waals surface area (Å²) in [5.74, 6) is -0.677. The predicted octanol–water partition coefficient (Wildman–Crippen LogP) is 4.00. The van der Waals surface area contributed by atoms with Crippen molar-refractivity contribution in [2.45, 2.75) is 50.0 Å². The van der Waals surface area contributed by atoms with E-state index in [1.54, 1.807) is 0 Å². The van der Waals surface area contributed by atoms with E-state index < -0.39 is 22.2 Å². The normalized spacial score (nSPS) is 12.1. The summed E-state index contributed by atoms with van der Waals surface area (Å²) in [7, 11) is -4.17. The minimum Gasteiger partial charge on any atom is -0.464 e. The molecule has 6 nitrogen and oxygen atoms in total. The fourth-order valence-electron chi connectivity index (χ4n) is 2.66. The van der Waals surface area contributed by atoms with Crippen LogP contribution in [0.3, 0.4) is 0 Å². The zero-order chi connectivity index (χ0) is 21.1. The number of nitriles is 1. The maximum absolute atomic E-state index is 12.6. The highest BCUT2D eigenvalue weighted by molar-refractivity contribution is 7.86. The molecule has 29 heavy (non-hydrogen) atoms. The lowest BCUT2D eigenvalue weighted by Gasteiger charge is -2.17. The number of esters is 1. The van der Waals surface area contributed by atoms with Gasteiger partial charge in [0.25, 0.3) is 10.1 Å². The van der Waals surface area contributed by atoms with Gasteiger partial charge in [0.05, 0.1) is 23.1 Å². The summed E-state index contributed by atoms with van der Waals surface area (Å²) in [4.78, 5) is 12.3. The number of aryl methyl sites for hydroxylation is 1. The molecule has 0 aliphatic rings. The molecule has 0 aliphatic carbocycles. The van der Waals surface area contributed by atoms with Crippen molar-refractivity contribution >= 4 is 16.1 Å². The van der Waals surface area contributed by atoms with E-state index in [4.69, 9.17) is 14.2 Å². The molecule has 0 heterocycles. The van der Waals surface area contributed by atoms with Gasteiger partial charge in [0.1, 0.15) is 0 Å². The molecule has 2 aromatic rings. The summed E-state index contributed by atoms with van der Waals surface area (Å²) in [6.07, 6.45) is 1.83. The van der Waals surface area contributed by atoms with Crippen LogP contribution in [0.1, 0.15) is 43.7 Å². The standard InChI is InChI=1S/C22H25NO5S/c1-2-3-16-27-22(24)21(11-7-10-18-8-5-4-6-9-18)28-29(25,26)20-14-12-19(17-23)13-15-20/h4-6,8-9,12-15,21H,2-3,7,10-11,16H2,1H3/t21-/m1/s1. The third kappa shape index (κ3) is 7.33. The molecule has 0 amide bonds. The predicted molar refractivity (Wildman–Crippen MR) is 108 cm³/mol. The van der Waals surface area contributed by atoms with Crippen molar-refractivity contribution in [3.63, 3.8) is 0 Å². The van der Waals surface area contributed by atoms with Gasteiger partial charge in [-0.15, -0.1) is 0 Å². The van der Waals surface area contributed by atoms with Gasteiger partial charge in [0.15, 0.2) is 6.10 Å². The Morgan fingerprint density at radius 1 is 1.07 bits per heavy atom. The highest BCUT2D eigenvalue weighted by Crippen LogP contribution is 2.19. The zero-order valence-electron chi connectivity index (χ0n) is 16.4. The fraction of sp³-hybridized carbons (Fsp3) is 0.364. The Morgan fingerprint density at radius 3 is 2.38 bits per heavy atom. The largest absolute Gasteiger partial charge is 0.464 e. The van der Waals surface area contributed by atoms with E-state index in [2.05, 4.69) is 0 Å². The minimum absolute atomic E-state index is 0.106. The van der Waals surface area contributed by atoms with Gasteiger partial charge < -0.3 is 4.74 Å². The van der Waals surface area contributed by atoms with Crippen LogP contribution in [0, 0.1) is 11.3 Å². The highest BCUT2D eigenvalue weighted by Gasteiger charge is 2.28. The number of benzene rings is 2. The summed E-state index contributed by atoms with van der Waals surface area (Å²) in [5, 5.41) is 8.85. The molecule has 154 valence electrons. The van der Waals surface area contributed by atoms with E-state index in [1.165, 1.54) is 24.3 Å². The summed E-state index contributed by atoms with van der Waals surface area (Å²) in [6, 6.07) is 17.0. The third-order valence-corrected chi connectivity index (χ3v) is 5.63. The van der Waals surface area contributed by atoms with Crippen LogP contribution >= 0.6 is 0 Å². The summed E-state index contributed by atoms with van der Waals surface area (Å²) in [6.45, 7) is 2.20. The second kappa shape index (κ2) is 11.3. The lowest BCUT2D eigenvalue weighted by molar-refractivity contribution is -0.152. The maximum atomic E-state index is 12.6. The van der Waals surface area contributed by atoms with Gasteiger partial charge in [-0.05, 0) is 55.5 Å². The van der Waals surface area contributed by atoms with Crippen molar-refractivity contribution in [3.8, 4) is 6.07 Å². The number of ether oxygens (including phenoxy) is 1. The average Bonchev–Trinajstić information content (AvgIpc) is 2.74. The average molecular weight is 416 g/mol. The Labute approximate surface area is 172 Å². The van der Waals surface area contributed by atoms with Crippen molar-refractivity contribution in [1.29, 1.82) is 5.26 Å². The van der Waals surface area contributed by atoms with Crippen LogP contribution in [0.4, 0.5) is 0 Å². The molecule has 0 saturated heterocycles. The van der Waals surface area contributed by atoms with Gasteiger partial charge in [-0.3, -0.25) is 4.18 Å². The van der Waals surface area contributed by atoms with Crippen molar-refractivity contribution in [2.75, 3.05) is 6.61 Å². The van der Waals surface area contributed by atoms with E-state index in [9.17, 15) is 13.2 Å².